The lowest BCUT2D eigenvalue weighted by Crippen LogP contribution is -2.49. The number of hydrogen-bond acceptors (Lipinski definition) is 3. The third-order valence-corrected chi connectivity index (χ3v) is 3.31. The van der Waals surface area contributed by atoms with Gasteiger partial charge in [-0.2, -0.15) is 0 Å². The summed E-state index contributed by atoms with van der Waals surface area (Å²) in [6.45, 7) is 6.50. The molecule has 1 aromatic rings. The molecule has 0 aromatic heterocycles. The fraction of sp³-hybridized carbons (Fsp3) is 0.500. The maximum absolute atomic E-state index is 12.9. The van der Waals surface area contributed by atoms with Crippen LogP contribution < -0.4 is 10.2 Å². The zero-order valence-electron chi connectivity index (χ0n) is 11.2. The van der Waals surface area contributed by atoms with Crippen LogP contribution in [0.15, 0.2) is 24.3 Å². The number of nitrogens with one attached hydrogen (secondary N) is 1. The molecule has 1 aliphatic heterocycles. The molecule has 19 heavy (non-hydrogen) atoms. The lowest BCUT2D eigenvalue weighted by atomic mass is 10.2. The van der Waals surface area contributed by atoms with Gasteiger partial charge in [0.1, 0.15) is 5.82 Å². The van der Waals surface area contributed by atoms with E-state index in [0.29, 0.717) is 13.1 Å². The summed E-state index contributed by atoms with van der Waals surface area (Å²) in [6.07, 6.45) is 0. The number of benzene rings is 1. The van der Waals surface area contributed by atoms with Crippen LogP contribution in [0.2, 0.25) is 0 Å². The second-order valence-electron chi connectivity index (χ2n) is 4.69. The number of amides is 1. The number of nitrogens with zero attached hydrogens (tertiary/aromatic N) is 2. The number of piperazine rings is 1. The van der Waals surface area contributed by atoms with Crippen molar-refractivity contribution in [3.63, 3.8) is 0 Å². The Bertz CT molecular complexity index is 413. The number of likely N-dealkylation sites (N-methyl/N-ethyl adjacent to an activating group) is 1. The largest absolute Gasteiger partial charge is 0.369 e. The zero-order valence-corrected chi connectivity index (χ0v) is 11.2. The molecular formula is C14H20FN3O. The molecule has 1 N–H and O–H groups in total. The molecule has 1 amide bonds. The highest BCUT2D eigenvalue weighted by Crippen LogP contribution is 2.16. The SMILES string of the molecule is CCNC(=O)CN1CCN(c2ccc(F)cc2)CC1. The Balaban J connectivity index is 1.82. The van der Waals surface area contributed by atoms with Crippen LogP contribution in [-0.4, -0.2) is 50.1 Å². The minimum absolute atomic E-state index is 0.0812. The van der Waals surface area contributed by atoms with Gasteiger partial charge < -0.3 is 10.2 Å². The van der Waals surface area contributed by atoms with Gasteiger partial charge in [-0.25, -0.2) is 4.39 Å². The number of halogens is 1. The van der Waals surface area contributed by atoms with Gasteiger partial charge in [-0.15, -0.1) is 0 Å². The van der Waals surface area contributed by atoms with Crippen molar-refractivity contribution in [1.82, 2.24) is 10.2 Å². The molecule has 0 unspecified atom stereocenters. The van der Waals surface area contributed by atoms with E-state index in [1.54, 1.807) is 12.1 Å². The average molecular weight is 265 g/mol. The van der Waals surface area contributed by atoms with Gasteiger partial charge in [0.2, 0.25) is 5.91 Å². The van der Waals surface area contributed by atoms with Crippen molar-refractivity contribution >= 4 is 11.6 Å². The van der Waals surface area contributed by atoms with E-state index in [4.69, 9.17) is 0 Å². The van der Waals surface area contributed by atoms with Gasteiger partial charge in [0, 0.05) is 38.4 Å². The molecule has 1 aliphatic rings. The van der Waals surface area contributed by atoms with Crippen LogP contribution in [0, 0.1) is 5.82 Å². The molecule has 1 fully saturated rings. The molecule has 1 aromatic carbocycles. The summed E-state index contributed by atoms with van der Waals surface area (Å²) in [7, 11) is 0. The topological polar surface area (TPSA) is 35.6 Å². The summed E-state index contributed by atoms with van der Waals surface area (Å²) >= 11 is 0. The standard InChI is InChI=1S/C14H20FN3O/c1-2-16-14(19)11-17-7-9-18(10-8-17)13-5-3-12(15)4-6-13/h3-6H,2,7-11H2,1H3,(H,16,19). The highest BCUT2D eigenvalue weighted by atomic mass is 19.1. The number of carbonyl (C=O) groups excluding carboxylic acids is 1. The predicted molar refractivity (Wildman–Crippen MR) is 73.7 cm³/mol. The van der Waals surface area contributed by atoms with E-state index in [1.807, 2.05) is 6.92 Å². The minimum Gasteiger partial charge on any atom is -0.369 e. The molecule has 4 nitrogen and oxygen atoms in total. The molecule has 0 saturated carbocycles. The highest BCUT2D eigenvalue weighted by Gasteiger charge is 2.18. The lowest BCUT2D eigenvalue weighted by molar-refractivity contribution is -0.122. The van der Waals surface area contributed by atoms with Gasteiger partial charge >= 0.3 is 0 Å². The second kappa shape index (κ2) is 6.52. The van der Waals surface area contributed by atoms with E-state index in [2.05, 4.69) is 15.1 Å². The summed E-state index contributed by atoms with van der Waals surface area (Å²) in [6, 6.07) is 6.57. The molecule has 1 saturated heterocycles. The number of rotatable bonds is 4. The number of carbonyl (C=O) groups is 1. The first kappa shape index (κ1) is 13.8. The van der Waals surface area contributed by atoms with Crippen LogP contribution in [0.25, 0.3) is 0 Å². The quantitative estimate of drug-likeness (QED) is 0.885. The Hall–Kier alpha value is -1.62. The van der Waals surface area contributed by atoms with Crippen molar-refractivity contribution in [2.75, 3.05) is 44.2 Å². The van der Waals surface area contributed by atoms with Crippen molar-refractivity contribution in [2.24, 2.45) is 0 Å². The van der Waals surface area contributed by atoms with Gasteiger partial charge in [0.05, 0.1) is 6.54 Å². The monoisotopic (exact) mass is 265 g/mol. The third-order valence-electron chi connectivity index (χ3n) is 3.31. The first-order valence-electron chi connectivity index (χ1n) is 6.68. The van der Waals surface area contributed by atoms with Gasteiger partial charge in [0.15, 0.2) is 0 Å². The van der Waals surface area contributed by atoms with Crippen LogP contribution in [0.5, 0.6) is 0 Å². The fourth-order valence-corrected chi connectivity index (χ4v) is 2.27. The first-order valence-corrected chi connectivity index (χ1v) is 6.68. The number of hydrogen-bond donors (Lipinski definition) is 1. The Labute approximate surface area is 113 Å². The number of anilines is 1. The molecule has 2 rings (SSSR count). The van der Waals surface area contributed by atoms with Gasteiger partial charge in [-0.3, -0.25) is 9.69 Å². The van der Waals surface area contributed by atoms with Gasteiger partial charge in [-0.05, 0) is 31.2 Å². The van der Waals surface area contributed by atoms with E-state index < -0.39 is 0 Å². The van der Waals surface area contributed by atoms with Crippen LogP contribution in [0.1, 0.15) is 6.92 Å². The molecule has 1 heterocycles. The average Bonchev–Trinajstić information content (AvgIpc) is 2.41. The molecule has 5 heteroatoms. The Morgan fingerprint density at radius 2 is 1.84 bits per heavy atom. The zero-order chi connectivity index (χ0) is 13.7. The van der Waals surface area contributed by atoms with E-state index in [0.717, 1.165) is 31.9 Å². The van der Waals surface area contributed by atoms with E-state index in [9.17, 15) is 9.18 Å². The van der Waals surface area contributed by atoms with Crippen LogP contribution >= 0.6 is 0 Å². The van der Waals surface area contributed by atoms with Crippen LogP contribution in [0.3, 0.4) is 0 Å². The van der Waals surface area contributed by atoms with Crippen molar-refractivity contribution in [2.45, 2.75) is 6.92 Å². The summed E-state index contributed by atoms with van der Waals surface area (Å²) in [5.74, 6) is -0.128. The maximum atomic E-state index is 12.9. The van der Waals surface area contributed by atoms with Crippen LogP contribution in [-0.2, 0) is 4.79 Å². The minimum atomic E-state index is -0.210. The summed E-state index contributed by atoms with van der Waals surface area (Å²) in [5, 5.41) is 2.81. The molecular weight excluding hydrogens is 245 g/mol. The first-order chi connectivity index (χ1) is 9.19. The van der Waals surface area contributed by atoms with Crippen molar-refractivity contribution in [3.05, 3.63) is 30.1 Å². The predicted octanol–water partition coefficient (Wildman–Crippen LogP) is 1.08. The molecule has 0 radical (unpaired) electrons. The van der Waals surface area contributed by atoms with Gasteiger partial charge in [-0.1, -0.05) is 0 Å². The third kappa shape index (κ3) is 3.92. The summed E-state index contributed by atoms with van der Waals surface area (Å²) in [5.41, 5.74) is 1.04. The molecule has 0 spiro atoms. The molecule has 0 atom stereocenters. The smallest absolute Gasteiger partial charge is 0.234 e. The van der Waals surface area contributed by atoms with E-state index in [-0.39, 0.29) is 11.7 Å². The maximum Gasteiger partial charge on any atom is 0.234 e. The molecule has 0 bridgehead atoms. The Morgan fingerprint density at radius 3 is 2.42 bits per heavy atom. The van der Waals surface area contributed by atoms with Crippen molar-refractivity contribution < 1.29 is 9.18 Å². The van der Waals surface area contributed by atoms with Crippen LogP contribution in [0.4, 0.5) is 10.1 Å². The second-order valence-corrected chi connectivity index (χ2v) is 4.69. The Morgan fingerprint density at radius 1 is 1.21 bits per heavy atom. The lowest BCUT2D eigenvalue weighted by Gasteiger charge is -2.35. The normalized spacial score (nSPS) is 16.4. The fourth-order valence-electron chi connectivity index (χ4n) is 2.27. The molecule has 104 valence electrons. The highest BCUT2D eigenvalue weighted by molar-refractivity contribution is 5.77. The van der Waals surface area contributed by atoms with Crippen molar-refractivity contribution in [1.29, 1.82) is 0 Å². The summed E-state index contributed by atoms with van der Waals surface area (Å²) < 4.78 is 12.9. The van der Waals surface area contributed by atoms with Gasteiger partial charge in [0.25, 0.3) is 0 Å². The van der Waals surface area contributed by atoms with Crippen molar-refractivity contribution in [3.8, 4) is 0 Å². The van der Waals surface area contributed by atoms with E-state index in [1.165, 1.54) is 12.1 Å². The van der Waals surface area contributed by atoms with E-state index >= 15 is 0 Å². The Kier molecular flexibility index (Phi) is 4.74. The summed E-state index contributed by atoms with van der Waals surface area (Å²) in [4.78, 5) is 15.9. The molecule has 0 aliphatic carbocycles.